The van der Waals surface area contributed by atoms with Gasteiger partial charge in [0.25, 0.3) is 5.56 Å². The Kier molecular flexibility index (Phi) is 4.32. The highest BCUT2D eigenvalue weighted by molar-refractivity contribution is 5.69. The van der Waals surface area contributed by atoms with Crippen LogP contribution in [-0.4, -0.2) is 35.6 Å². The molecule has 0 amide bonds. The summed E-state index contributed by atoms with van der Waals surface area (Å²) in [6.45, 7) is 3.60. The van der Waals surface area contributed by atoms with Crippen LogP contribution in [0, 0.1) is 6.92 Å². The molecule has 9 nitrogen and oxygen atoms in total. The average Bonchev–Trinajstić information content (AvgIpc) is 3.03. The Morgan fingerprint density at radius 1 is 1.38 bits per heavy atom. The van der Waals surface area contributed by atoms with E-state index in [9.17, 15) is 9.59 Å². The first kappa shape index (κ1) is 15.8. The van der Waals surface area contributed by atoms with Crippen LogP contribution in [-0.2, 0) is 16.3 Å². The lowest BCUT2D eigenvalue weighted by Crippen LogP contribution is -2.20. The second kappa shape index (κ2) is 6.57. The number of nitrogens with zero attached hydrogens (tertiary/aromatic N) is 6. The van der Waals surface area contributed by atoms with E-state index in [1.807, 2.05) is 19.9 Å². The van der Waals surface area contributed by atoms with E-state index in [0.29, 0.717) is 18.5 Å². The quantitative estimate of drug-likeness (QED) is 0.642. The van der Waals surface area contributed by atoms with Crippen LogP contribution in [0.4, 0.5) is 0 Å². The van der Waals surface area contributed by atoms with E-state index in [-0.39, 0.29) is 29.6 Å². The molecular weight excluding hydrogens is 312 g/mol. The lowest BCUT2D eigenvalue weighted by Gasteiger charge is -2.07. The number of esters is 1. The predicted molar refractivity (Wildman–Crippen MR) is 84.0 cm³/mol. The van der Waals surface area contributed by atoms with Gasteiger partial charge in [0.05, 0.1) is 0 Å². The van der Waals surface area contributed by atoms with Crippen LogP contribution in [0.5, 0.6) is 0 Å². The lowest BCUT2D eigenvalue weighted by atomic mass is 10.2. The first-order chi connectivity index (χ1) is 11.6. The average molecular weight is 328 g/mol. The van der Waals surface area contributed by atoms with Crippen molar-refractivity contribution in [2.75, 3.05) is 0 Å². The number of tetrazole rings is 1. The Balaban J connectivity index is 1.97. The minimum absolute atomic E-state index is 0.156. The largest absolute Gasteiger partial charge is 0.442 e. The van der Waals surface area contributed by atoms with Crippen LogP contribution >= 0.6 is 0 Å². The molecule has 0 radical (unpaired) electrons. The van der Waals surface area contributed by atoms with Gasteiger partial charge in [-0.15, -0.1) is 5.10 Å². The highest BCUT2D eigenvalue weighted by Crippen LogP contribution is 2.12. The third-order valence-electron chi connectivity index (χ3n) is 3.50. The monoisotopic (exact) mass is 328 g/mol. The van der Waals surface area contributed by atoms with Crippen LogP contribution in [0.3, 0.4) is 0 Å². The maximum absolute atomic E-state index is 12.7. The molecule has 0 atom stereocenters. The van der Waals surface area contributed by atoms with Crippen LogP contribution in [0.25, 0.3) is 17.0 Å². The summed E-state index contributed by atoms with van der Waals surface area (Å²) >= 11 is 0. The van der Waals surface area contributed by atoms with Gasteiger partial charge >= 0.3 is 5.97 Å². The minimum atomic E-state index is -0.345. The lowest BCUT2D eigenvalue weighted by molar-refractivity contribution is -0.147. The number of carbonyl (C=O) groups excluding carboxylic acids is 1. The SMILES string of the molecule is CCCC(=O)OCn1nnnc1-c1cnc2c(C)cccn2c1=O. The van der Waals surface area contributed by atoms with E-state index < -0.39 is 0 Å². The minimum Gasteiger partial charge on any atom is -0.442 e. The molecule has 24 heavy (non-hydrogen) atoms. The highest BCUT2D eigenvalue weighted by atomic mass is 16.5. The zero-order chi connectivity index (χ0) is 17.1. The zero-order valence-electron chi connectivity index (χ0n) is 13.3. The molecule has 124 valence electrons. The third kappa shape index (κ3) is 2.87. The molecule has 3 aromatic heterocycles. The topological polar surface area (TPSA) is 104 Å². The molecular formula is C15H16N6O3. The van der Waals surface area contributed by atoms with Crippen molar-refractivity contribution in [3.63, 3.8) is 0 Å². The van der Waals surface area contributed by atoms with Crippen molar-refractivity contribution in [3.05, 3.63) is 40.4 Å². The molecule has 0 aliphatic carbocycles. The molecule has 0 aliphatic rings. The molecule has 0 aromatic carbocycles. The Morgan fingerprint density at radius 2 is 2.21 bits per heavy atom. The summed E-state index contributed by atoms with van der Waals surface area (Å²) in [6.07, 6.45) is 4.07. The standard InChI is InChI=1S/C15H16N6O3/c1-3-5-12(22)24-9-21-14(17-18-19-21)11-8-16-13-10(2)6-4-7-20(13)15(11)23/h4,6-8H,3,5,9H2,1-2H3. The molecule has 3 aromatic rings. The van der Waals surface area contributed by atoms with Crippen molar-refractivity contribution in [3.8, 4) is 11.4 Å². The second-order valence-electron chi connectivity index (χ2n) is 5.26. The van der Waals surface area contributed by atoms with Crippen molar-refractivity contribution in [2.24, 2.45) is 0 Å². The van der Waals surface area contributed by atoms with Gasteiger partial charge in [0.15, 0.2) is 12.6 Å². The molecule has 0 unspecified atom stereocenters. The van der Waals surface area contributed by atoms with Crippen LogP contribution < -0.4 is 5.56 Å². The first-order valence-electron chi connectivity index (χ1n) is 7.51. The predicted octanol–water partition coefficient (Wildman–Crippen LogP) is 0.957. The van der Waals surface area contributed by atoms with E-state index in [1.165, 1.54) is 15.3 Å². The molecule has 0 spiro atoms. The Hall–Kier alpha value is -3.10. The summed E-state index contributed by atoms with van der Waals surface area (Å²) in [7, 11) is 0. The third-order valence-corrected chi connectivity index (χ3v) is 3.50. The molecule has 3 rings (SSSR count). The van der Waals surface area contributed by atoms with Crippen LogP contribution in [0.2, 0.25) is 0 Å². The Bertz CT molecular complexity index is 946. The molecule has 0 saturated heterocycles. The van der Waals surface area contributed by atoms with Gasteiger partial charge in [-0.05, 0) is 35.4 Å². The molecule has 9 heteroatoms. The first-order valence-corrected chi connectivity index (χ1v) is 7.51. The van der Waals surface area contributed by atoms with E-state index in [1.54, 1.807) is 12.3 Å². The Labute approximate surface area is 136 Å². The number of aryl methyl sites for hydroxylation is 1. The number of fused-ring (bicyclic) bond motifs is 1. The number of aromatic nitrogens is 6. The van der Waals surface area contributed by atoms with E-state index >= 15 is 0 Å². The molecule has 0 N–H and O–H groups in total. The van der Waals surface area contributed by atoms with Gasteiger partial charge in [0.2, 0.25) is 0 Å². The van der Waals surface area contributed by atoms with Crippen LogP contribution in [0.1, 0.15) is 25.3 Å². The number of pyridine rings is 1. The number of carbonyl (C=O) groups is 1. The number of hydrogen-bond donors (Lipinski definition) is 0. The maximum atomic E-state index is 12.7. The highest BCUT2D eigenvalue weighted by Gasteiger charge is 2.16. The molecule has 0 saturated carbocycles. The summed E-state index contributed by atoms with van der Waals surface area (Å²) in [4.78, 5) is 28.5. The summed E-state index contributed by atoms with van der Waals surface area (Å²) in [5, 5.41) is 11.2. The fraction of sp³-hybridized carbons (Fsp3) is 0.333. The van der Waals surface area contributed by atoms with Gasteiger partial charge in [0.1, 0.15) is 11.2 Å². The zero-order valence-corrected chi connectivity index (χ0v) is 13.3. The normalized spacial score (nSPS) is 10.9. The molecule has 3 heterocycles. The van der Waals surface area contributed by atoms with Crippen molar-refractivity contribution in [1.29, 1.82) is 0 Å². The van der Waals surface area contributed by atoms with Gasteiger partial charge in [-0.2, -0.15) is 4.68 Å². The molecule has 0 bridgehead atoms. The molecule has 0 fully saturated rings. The fourth-order valence-electron chi connectivity index (χ4n) is 2.29. The van der Waals surface area contributed by atoms with E-state index in [4.69, 9.17) is 4.74 Å². The van der Waals surface area contributed by atoms with Gasteiger partial charge in [0, 0.05) is 18.8 Å². The van der Waals surface area contributed by atoms with Gasteiger partial charge in [-0.3, -0.25) is 14.0 Å². The second-order valence-corrected chi connectivity index (χ2v) is 5.26. The number of hydrogen-bond acceptors (Lipinski definition) is 7. The smallest absolute Gasteiger partial charge is 0.307 e. The van der Waals surface area contributed by atoms with Crippen molar-refractivity contribution >= 4 is 11.6 Å². The maximum Gasteiger partial charge on any atom is 0.307 e. The summed E-state index contributed by atoms with van der Waals surface area (Å²) in [6, 6.07) is 3.64. The van der Waals surface area contributed by atoms with Crippen molar-refractivity contribution in [1.82, 2.24) is 29.6 Å². The Morgan fingerprint density at radius 3 is 3.00 bits per heavy atom. The van der Waals surface area contributed by atoms with Gasteiger partial charge in [-0.1, -0.05) is 13.0 Å². The van der Waals surface area contributed by atoms with Crippen molar-refractivity contribution in [2.45, 2.75) is 33.4 Å². The fourth-order valence-corrected chi connectivity index (χ4v) is 2.29. The van der Waals surface area contributed by atoms with Gasteiger partial charge in [-0.25, -0.2) is 4.98 Å². The number of ether oxygens (including phenoxy) is 1. The summed E-state index contributed by atoms with van der Waals surface area (Å²) in [5.74, 6) is -0.143. The van der Waals surface area contributed by atoms with E-state index in [2.05, 4.69) is 20.5 Å². The summed E-state index contributed by atoms with van der Waals surface area (Å²) in [5.41, 5.74) is 1.39. The van der Waals surface area contributed by atoms with Crippen LogP contribution in [0.15, 0.2) is 29.3 Å². The van der Waals surface area contributed by atoms with E-state index in [0.717, 1.165) is 5.56 Å². The number of rotatable bonds is 5. The van der Waals surface area contributed by atoms with Gasteiger partial charge < -0.3 is 4.74 Å². The summed E-state index contributed by atoms with van der Waals surface area (Å²) < 4.78 is 7.78. The molecule has 0 aliphatic heterocycles. The van der Waals surface area contributed by atoms with Crippen molar-refractivity contribution < 1.29 is 9.53 Å².